The molecule has 29 heavy (non-hydrogen) atoms. The first-order valence-corrected chi connectivity index (χ1v) is 9.70. The van der Waals surface area contributed by atoms with E-state index in [1.54, 1.807) is 47.6 Å². The highest BCUT2D eigenvalue weighted by Gasteiger charge is 2.34. The Kier molecular flexibility index (Phi) is 6.89. The molecule has 0 bridgehead atoms. The zero-order valence-corrected chi connectivity index (χ0v) is 16.3. The van der Waals surface area contributed by atoms with E-state index in [9.17, 15) is 14.4 Å². The second-order valence-electron chi connectivity index (χ2n) is 6.93. The quantitative estimate of drug-likeness (QED) is 0.524. The highest BCUT2D eigenvalue weighted by atomic mass is 16.5. The summed E-state index contributed by atoms with van der Waals surface area (Å²) < 4.78 is 10.8. The van der Waals surface area contributed by atoms with Crippen LogP contribution in [-0.4, -0.2) is 35.8 Å². The first-order chi connectivity index (χ1) is 14.1. The van der Waals surface area contributed by atoms with Crippen molar-refractivity contribution in [1.82, 2.24) is 15.8 Å². The fourth-order valence-corrected chi connectivity index (χ4v) is 3.05. The van der Waals surface area contributed by atoms with Crippen molar-refractivity contribution in [2.75, 3.05) is 13.2 Å². The maximum atomic E-state index is 12.4. The van der Waals surface area contributed by atoms with Crippen molar-refractivity contribution in [3.63, 3.8) is 0 Å². The molecule has 1 unspecified atom stereocenters. The van der Waals surface area contributed by atoms with Crippen LogP contribution in [0, 0.1) is 5.92 Å². The van der Waals surface area contributed by atoms with Gasteiger partial charge in [-0.05, 0) is 36.8 Å². The number of nitrogens with zero attached hydrogens (tertiary/aromatic N) is 1. The molecule has 0 saturated carbocycles. The number of hydrogen-bond acceptors (Lipinski definition) is 5. The largest absolute Gasteiger partial charge is 0.494 e. The van der Waals surface area contributed by atoms with Gasteiger partial charge >= 0.3 is 0 Å². The lowest BCUT2D eigenvalue weighted by Gasteiger charge is -2.15. The number of likely N-dealkylation sites (tertiary alicyclic amines) is 1. The second kappa shape index (κ2) is 9.77. The normalized spacial score (nSPS) is 16.0. The van der Waals surface area contributed by atoms with Crippen molar-refractivity contribution in [1.29, 1.82) is 0 Å². The molecule has 1 fully saturated rings. The molecule has 8 heteroatoms. The van der Waals surface area contributed by atoms with E-state index in [2.05, 4.69) is 17.8 Å². The van der Waals surface area contributed by atoms with Crippen molar-refractivity contribution < 1.29 is 23.5 Å². The highest BCUT2D eigenvalue weighted by Crippen LogP contribution is 2.20. The number of benzene rings is 1. The molecule has 1 aliphatic rings. The van der Waals surface area contributed by atoms with E-state index in [0.29, 0.717) is 30.2 Å². The van der Waals surface area contributed by atoms with Gasteiger partial charge in [-0.1, -0.05) is 19.4 Å². The predicted octanol–water partition coefficient (Wildman–Crippen LogP) is 2.27. The highest BCUT2D eigenvalue weighted by molar-refractivity contribution is 5.96. The molecule has 1 aliphatic heterocycles. The van der Waals surface area contributed by atoms with Gasteiger partial charge in [-0.15, -0.1) is 0 Å². The molecule has 1 atom stereocenters. The molecule has 2 aromatic rings. The van der Waals surface area contributed by atoms with Crippen LogP contribution in [0.2, 0.25) is 0 Å². The Balaban J connectivity index is 1.48. The molecular weight excluding hydrogens is 374 g/mol. The number of nitrogens with one attached hydrogen (secondary N) is 2. The molecule has 0 radical (unpaired) electrons. The van der Waals surface area contributed by atoms with Crippen molar-refractivity contribution >= 4 is 17.7 Å². The number of rotatable bonds is 8. The van der Waals surface area contributed by atoms with Crippen molar-refractivity contribution in [2.45, 2.75) is 32.7 Å². The summed E-state index contributed by atoms with van der Waals surface area (Å²) in [5.74, 6) is -0.229. The average molecular weight is 399 g/mol. The third kappa shape index (κ3) is 5.60. The summed E-state index contributed by atoms with van der Waals surface area (Å²) in [4.78, 5) is 38.4. The van der Waals surface area contributed by atoms with E-state index in [1.807, 2.05) is 0 Å². The number of carbonyl (C=O) groups excluding carboxylic acids is 3. The van der Waals surface area contributed by atoms with E-state index in [4.69, 9.17) is 9.15 Å². The summed E-state index contributed by atoms with van der Waals surface area (Å²) >= 11 is 0. The van der Waals surface area contributed by atoms with Gasteiger partial charge in [0.15, 0.2) is 0 Å². The van der Waals surface area contributed by atoms with Gasteiger partial charge in [0.1, 0.15) is 11.5 Å². The topological polar surface area (TPSA) is 101 Å². The van der Waals surface area contributed by atoms with Gasteiger partial charge in [-0.25, -0.2) is 0 Å². The van der Waals surface area contributed by atoms with Crippen LogP contribution in [0.15, 0.2) is 47.1 Å². The van der Waals surface area contributed by atoms with Crippen LogP contribution >= 0.6 is 0 Å². The summed E-state index contributed by atoms with van der Waals surface area (Å²) in [5.41, 5.74) is 5.19. The van der Waals surface area contributed by atoms with Gasteiger partial charge in [0, 0.05) is 18.5 Å². The molecule has 2 N–H and O–H groups in total. The molecule has 8 nitrogen and oxygen atoms in total. The van der Waals surface area contributed by atoms with Gasteiger partial charge in [-0.2, -0.15) is 0 Å². The minimum atomic E-state index is -0.526. The van der Waals surface area contributed by atoms with E-state index in [0.717, 1.165) is 12.8 Å². The Morgan fingerprint density at radius 2 is 2.10 bits per heavy atom. The van der Waals surface area contributed by atoms with Gasteiger partial charge in [0.05, 0.1) is 25.3 Å². The molecule has 3 rings (SSSR count). The number of hydrazine groups is 1. The number of hydrogen-bond donors (Lipinski definition) is 2. The first-order valence-electron chi connectivity index (χ1n) is 9.70. The van der Waals surface area contributed by atoms with Crippen LogP contribution in [0.1, 0.15) is 42.3 Å². The second-order valence-corrected chi connectivity index (χ2v) is 6.93. The molecule has 1 aromatic heterocycles. The van der Waals surface area contributed by atoms with Crippen molar-refractivity contribution in [3.8, 4) is 5.75 Å². The zero-order chi connectivity index (χ0) is 20.6. The molecule has 0 aliphatic carbocycles. The number of ether oxygens (including phenoxy) is 1. The standard InChI is InChI=1S/C21H25N3O5/c1-2-3-9-28-17-7-4-6-15(11-17)20(26)22-23-21(27)16-12-19(25)24(13-16)14-18-8-5-10-29-18/h4-8,10-11,16H,2-3,9,12-14H2,1H3,(H,22,26)(H,23,27). The molecule has 3 amide bonds. The third-order valence-electron chi connectivity index (χ3n) is 4.67. The van der Waals surface area contributed by atoms with Crippen LogP contribution in [0.3, 0.4) is 0 Å². The van der Waals surface area contributed by atoms with Gasteiger partial charge < -0.3 is 14.1 Å². The monoisotopic (exact) mass is 399 g/mol. The number of furan rings is 1. The number of unbranched alkanes of at least 4 members (excludes halogenated alkanes) is 1. The summed E-state index contributed by atoms with van der Waals surface area (Å²) in [6, 6.07) is 10.3. The third-order valence-corrected chi connectivity index (χ3v) is 4.67. The lowest BCUT2D eigenvalue weighted by Crippen LogP contribution is -2.45. The molecule has 1 aromatic carbocycles. The summed E-state index contributed by atoms with van der Waals surface area (Å²) in [5, 5.41) is 0. The molecule has 2 heterocycles. The van der Waals surface area contributed by atoms with Crippen LogP contribution in [0.4, 0.5) is 0 Å². The Morgan fingerprint density at radius 1 is 1.24 bits per heavy atom. The minimum Gasteiger partial charge on any atom is -0.494 e. The lowest BCUT2D eigenvalue weighted by molar-refractivity contribution is -0.129. The van der Waals surface area contributed by atoms with Gasteiger partial charge in [0.25, 0.3) is 5.91 Å². The predicted molar refractivity (Wildman–Crippen MR) is 105 cm³/mol. The zero-order valence-electron chi connectivity index (χ0n) is 16.3. The maximum absolute atomic E-state index is 12.4. The van der Waals surface area contributed by atoms with Crippen LogP contribution in [0.25, 0.3) is 0 Å². The Bertz CT molecular complexity index is 850. The fourth-order valence-electron chi connectivity index (χ4n) is 3.05. The Morgan fingerprint density at radius 3 is 2.86 bits per heavy atom. The van der Waals surface area contributed by atoms with Crippen molar-refractivity contribution in [2.24, 2.45) is 5.92 Å². The minimum absolute atomic E-state index is 0.100. The molecular formula is C21H25N3O5. The molecule has 0 spiro atoms. The smallest absolute Gasteiger partial charge is 0.269 e. The molecule has 1 saturated heterocycles. The fraction of sp³-hybridized carbons (Fsp3) is 0.381. The summed E-state index contributed by atoms with van der Waals surface area (Å²) in [7, 11) is 0. The van der Waals surface area contributed by atoms with E-state index in [-0.39, 0.29) is 18.9 Å². The number of amides is 3. The Labute approximate surface area is 169 Å². The summed E-state index contributed by atoms with van der Waals surface area (Å²) in [6.45, 7) is 3.27. The summed E-state index contributed by atoms with van der Waals surface area (Å²) in [6.07, 6.45) is 3.60. The van der Waals surface area contributed by atoms with E-state index in [1.165, 1.54) is 0 Å². The van der Waals surface area contributed by atoms with Crippen molar-refractivity contribution in [3.05, 3.63) is 54.0 Å². The van der Waals surface area contributed by atoms with Gasteiger partial charge in [-0.3, -0.25) is 25.2 Å². The average Bonchev–Trinajstić information content (AvgIpc) is 3.37. The van der Waals surface area contributed by atoms with Crippen LogP contribution in [-0.2, 0) is 16.1 Å². The maximum Gasteiger partial charge on any atom is 0.269 e. The number of carbonyl (C=O) groups is 3. The van der Waals surface area contributed by atoms with E-state index >= 15 is 0 Å². The lowest BCUT2D eigenvalue weighted by atomic mass is 10.1. The SMILES string of the molecule is CCCCOc1cccc(C(=O)NNC(=O)C2CC(=O)N(Cc3ccco3)C2)c1. The first kappa shape index (κ1) is 20.4. The van der Waals surface area contributed by atoms with Crippen LogP contribution < -0.4 is 15.6 Å². The van der Waals surface area contributed by atoms with E-state index < -0.39 is 17.7 Å². The molecule has 154 valence electrons. The van der Waals surface area contributed by atoms with Gasteiger partial charge in [0.2, 0.25) is 11.8 Å². The van der Waals surface area contributed by atoms with Crippen LogP contribution in [0.5, 0.6) is 5.75 Å². The Hall–Kier alpha value is -3.29.